The molecule has 3 aromatic rings. The van der Waals surface area contributed by atoms with Crippen molar-refractivity contribution in [3.05, 3.63) is 94.5 Å². The van der Waals surface area contributed by atoms with Crippen LogP contribution in [-0.4, -0.2) is 69.0 Å². The van der Waals surface area contributed by atoms with Gasteiger partial charge in [0.25, 0.3) is 0 Å². The predicted molar refractivity (Wildman–Crippen MR) is 148 cm³/mol. The largest absolute Gasteiger partial charge is 0.496 e. The molecule has 2 heterocycles. The fourth-order valence-corrected chi connectivity index (χ4v) is 5.65. The van der Waals surface area contributed by atoms with Crippen molar-refractivity contribution in [1.82, 2.24) is 15.1 Å². The summed E-state index contributed by atoms with van der Waals surface area (Å²) in [5.74, 6) is 0.689. The maximum Gasteiger partial charge on any atom is 0.326 e. The Morgan fingerprint density at radius 3 is 2.33 bits per heavy atom. The lowest BCUT2D eigenvalue weighted by Gasteiger charge is -2.35. The van der Waals surface area contributed by atoms with E-state index in [2.05, 4.69) is 5.32 Å². The van der Waals surface area contributed by atoms with E-state index in [-0.39, 0.29) is 23.4 Å². The number of hydrogen-bond donors (Lipinski definition) is 1. The summed E-state index contributed by atoms with van der Waals surface area (Å²) in [6.45, 7) is 0.623. The molecule has 9 nitrogen and oxygen atoms in total. The van der Waals surface area contributed by atoms with Gasteiger partial charge in [0.1, 0.15) is 24.2 Å². The fraction of sp³-hybridized carbons (Fsp3) is 0.250. The van der Waals surface area contributed by atoms with Crippen molar-refractivity contribution >= 4 is 39.2 Å². The molecule has 1 N–H and O–H groups in total. The lowest BCUT2D eigenvalue weighted by atomic mass is 9.93. The third kappa shape index (κ3) is 5.35. The van der Waals surface area contributed by atoms with Gasteiger partial charge in [-0.25, -0.2) is 13.2 Å². The van der Waals surface area contributed by atoms with Gasteiger partial charge >= 0.3 is 6.03 Å². The number of carbonyl (C=O) groups excluding carboxylic acids is 2. The number of sulfone groups is 1. The number of ether oxygens (including phenoxy) is 1. The van der Waals surface area contributed by atoms with Crippen LogP contribution in [0.1, 0.15) is 28.8 Å². The van der Waals surface area contributed by atoms with Crippen LogP contribution in [0.4, 0.5) is 4.79 Å². The van der Waals surface area contributed by atoms with E-state index >= 15 is 0 Å². The first-order valence-electron chi connectivity index (χ1n) is 12.3. The van der Waals surface area contributed by atoms with Gasteiger partial charge in [-0.2, -0.15) is 0 Å². The molecule has 11 heteroatoms. The first-order chi connectivity index (χ1) is 18.7. The quantitative estimate of drug-likeness (QED) is 0.505. The van der Waals surface area contributed by atoms with Crippen molar-refractivity contribution in [1.29, 1.82) is 0 Å². The molecule has 0 spiro atoms. The van der Waals surface area contributed by atoms with Crippen LogP contribution in [0.5, 0.6) is 5.75 Å². The molecule has 2 aliphatic heterocycles. The highest BCUT2D eigenvalue weighted by Crippen LogP contribution is 2.45. The number of amides is 3. The lowest BCUT2D eigenvalue weighted by molar-refractivity contribution is -0.123. The minimum atomic E-state index is -3.40. The molecule has 2 unspecified atom stereocenters. The zero-order valence-electron chi connectivity index (χ0n) is 21.4. The molecule has 0 bridgehead atoms. The Kier molecular flexibility index (Phi) is 7.33. The smallest absolute Gasteiger partial charge is 0.326 e. The van der Waals surface area contributed by atoms with Gasteiger partial charge < -0.3 is 15.0 Å². The number of urea groups is 1. The summed E-state index contributed by atoms with van der Waals surface area (Å²) in [5.41, 5.74) is 2.12. The third-order valence-corrected chi connectivity index (χ3v) is 8.17. The standard InChI is InChI=1S/C28H27ClN4O5S/c1-38-23-6-4-3-5-22(23)27-31-25(18-9-13-21(14-10-18)39(2,36)37)26(19-7-11-20(29)12-8-19)33(27)28(35)32-16-15-30-24(34)17-32/h3-14,25-26H,15-17H2,1-2H3,(H,30,34). The number of rotatable bonds is 5. The Labute approximate surface area is 232 Å². The van der Waals surface area contributed by atoms with Crippen LogP contribution >= 0.6 is 11.6 Å². The lowest BCUT2D eigenvalue weighted by Crippen LogP contribution is -2.55. The van der Waals surface area contributed by atoms with E-state index in [0.29, 0.717) is 35.3 Å². The summed E-state index contributed by atoms with van der Waals surface area (Å²) >= 11 is 6.20. The van der Waals surface area contributed by atoms with Crippen molar-refractivity contribution in [2.75, 3.05) is 33.0 Å². The highest BCUT2D eigenvalue weighted by atomic mass is 35.5. The highest BCUT2D eigenvalue weighted by Gasteiger charge is 2.45. The van der Waals surface area contributed by atoms with Crippen LogP contribution in [0.25, 0.3) is 0 Å². The molecule has 2 aliphatic rings. The van der Waals surface area contributed by atoms with Gasteiger partial charge in [0.15, 0.2) is 9.84 Å². The number of nitrogens with zero attached hydrogens (tertiary/aromatic N) is 3. The molecule has 3 aromatic carbocycles. The number of halogens is 1. The molecule has 0 aromatic heterocycles. The van der Waals surface area contributed by atoms with Crippen LogP contribution in [0.3, 0.4) is 0 Å². The van der Waals surface area contributed by atoms with Crippen LogP contribution in [0.2, 0.25) is 5.02 Å². The molecule has 2 atom stereocenters. The topological polar surface area (TPSA) is 108 Å². The van der Waals surface area contributed by atoms with Gasteiger partial charge in [0.2, 0.25) is 5.91 Å². The Bertz CT molecular complexity index is 1540. The maximum absolute atomic E-state index is 14.2. The summed E-state index contributed by atoms with van der Waals surface area (Å²) in [7, 11) is -1.85. The summed E-state index contributed by atoms with van der Waals surface area (Å²) in [6.07, 6.45) is 1.15. The van der Waals surface area contributed by atoms with Crippen molar-refractivity contribution in [2.45, 2.75) is 17.0 Å². The number of aliphatic imine (C=N–C) groups is 1. The zero-order valence-corrected chi connectivity index (χ0v) is 22.9. The Balaban J connectivity index is 1.69. The maximum atomic E-state index is 14.2. The average Bonchev–Trinajstić information content (AvgIpc) is 3.33. The summed E-state index contributed by atoms with van der Waals surface area (Å²) < 4.78 is 29.8. The van der Waals surface area contributed by atoms with Gasteiger partial charge in [-0.1, -0.05) is 48.0 Å². The van der Waals surface area contributed by atoms with Crippen molar-refractivity contribution < 1.29 is 22.7 Å². The summed E-state index contributed by atoms with van der Waals surface area (Å²) in [4.78, 5) is 34.7. The number of hydrogen-bond acceptors (Lipinski definition) is 6. The van der Waals surface area contributed by atoms with E-state index in [0.717, 1.165) is 17.4 Å². The second-order valence-corrected chi connectivity index (χ2v) is 11.8. The van der Waals surface area contributed by atoms with Crippen LogP contribution < -0.4 is 10.1 Å². The molecule has 3 amide bonds. The molecule has 5 rings (SSSR count). The number of benzene rings is 3. The van der Waals surface area contributed by atoms with Crippen LogP contribution in [0.15, 0.2) is 82.7 Å². The third-order valence-electron chi connectivity index (χ3n) is 6.79. The van der Waals surface area contributed by atoms with E-state index in [1.54, 1.807) is 54.5 Å². The highest BCUT2D eigenvalue weighted by molar-refractivity contribution is 7.90. The van der Waals surface area contributed by atoms with E-state index in [9.17, 15) is 18.0 Å². The second kappa shape index (κ2) is 10.7. The van der Waals surface area contributed by atoms with Crippen molar-refractivity contribution in [3.63, 3.8) is 0 Å². The molecular weight excluding hydrogens is 540 g/mol. The molecule has 39 heavy (non-hydrogen) atoms. The monoisotopic (exact) mass is 566 g/mol. The summed E-state index contributed by atoms with van der Waals surface area (Å²) in [5, 5.41) is 3.30. The zero-order chi connectivity index (χ0) is 27.7. The van der Waals surface area contributed by atoms with Crippen LogP contribution in [-0.2, 0) is 14.6 Å². The Morgan fingerprint density at radius 1 is 1.03 bits per heavy atom. The van der Waals surface area contributed by atoms with Gasteiger partial charge in [0, 0.05) is 24.4 Å². The van der Waals surface area contributed by atoms with Crippen molar-refractivity contribution in [2.24, 2.45) is 4.99 Å². The number of methoxy groups -OCH3 is 1. The van der Waals surface area contributed by atoms with E-state index < -0.39 is 21.9 Å². The molecule has 1 fully saturated rings. The van der Waals surface area contributed by atoms with Gasteiger partial charge in [-0.3, -0.25) is 14.7 Å². The average molecular weight is 567 g/mol. The first kappa shape index (κ1) is 26.7. The SMILES string of the molecule is COc1ccccc1C1=NC(c2ccc(S(C)(=O)=O)cc2)C(c2ccc(Cl)cc2)N1C(=O)N1CCNC(=O)C1. The molecule has 202 valence electrons. The normalized spacial score (nSPS) is 19.5. The Morgan fingerprint density at radius 2 is 1.69 bits per heavy atom. The number of amidine groups is 1. The van der Waals surface area contributed by atoms with E-state index in [4.69, 9.17) is 21.3 Å². The molecular formula is C28H27ClN4O5S. The number of para-hydroxylation sites is 1. The second-order valence-electron chi connectivity index (χ2n) is 9.36. The molecule has 0 radical (unpaired) electrons. The first-order valence-corrected chi connectivity index (χ1v) is 14.6. The van der Waals surface area contributed by atoms with Gasteiger partial charge in [-0.15, -0.1) is 0 Å². The minimum Gasteiger partial charge on any atom is -0.496 e. The molecule has 0 aliphatic carbocycles. The van der Waals surface area contributed by atoms with E-state index in [1.807, 2.05) is 30.3 Å². The fourth-order valence-electron chi connectivity index (χ4n) is 4.89. The minimum absolute atomic E-state index is 0.0738. The number of nitrogens with one attached hydrogen (secondary N) is 1. The van der Waals surface area contributed by atoms with Crippen LogP contribution in [0, 0.1) is 0 Å². The Hall–Kier alpha value is -3.89. The van der Waals surface area contributed by atoms with Gasteiger partial charge in [-0.05, 0) is 47.5 Å². The predicted octanol–water partition coefficient (Wildman–Crippen LogP) is 3.85. The van der Waals surface area contributed by atoms with Crippen molar-refractivity contribution in [3.8, 4) is 5.75 Å². The van der Waals surface area contributed by atoms with Gasteiger partial charge in [0.05, 0.1) is 23.6 Å². The molecule has 0 saturated carbocycles. The van der Waals surface area contributed by atoms with E-state index in [1.165, 1.54) is 4.90 Å². The summed E-state index contributed by atoms with van der Waals surface area (Å²) in [6, 6.07) is 19.4. The molecule has 1 saturated heterocycles. The number of piperazine rings is 1. The number of carbonyl (C=O) groups is 2.